The first-order valence-electron chi connectivity index (χ1n) is 8.27. The minimum absolute atomic E-state index is 0.0131. The van der Waals surface area contributed by atoms with E-state index >= 15 is 0 Å². The van der Waals surface area contributed by atoms with Crippen molar-refractivity contribution < 1.29 is 14.3 Å². The maximum Gasteiger partial charge on any atom is 0.265 e. The number of benzene rings is 2. The van der Waals surface area contributed by atoms with Gasteiger partial charge in [-0.3, -0.25) is 19.4 Å². The first kappa shape index (κ1) is 20.3. The second-order valence-electron chi connectivity index (χ2n) is 6.13. The molecule has 8 heteroatoms. The maximum absolute atomic E-state index is 12.5. The zero-order valence-electron chi connectivity index (χ0n) is 15.1. The summed E-state index contributed by atoms with van der Waals surface area (Å²) < 4.78 is 5.88. The fraction of sp³-hybridized carbons (Fsp3) is 0.150. The average molecular weight is 435 g/mol. The quantitative estimate of drug-likeness (QED) is 0.411. The highest BCUT2D eigenvalue weighted by Gasteiger charge is 2.35. The van der Waals surface area contributed by atoms with Crippen LogP contribution < -0.4 is 4.74 Å². The molecule has 0 radical (unpaired) electrons. The third kappa shape index (κ3) is 4.04. The van der Waals surface area contributed by atoms with E-state index in [1.54, 1.807) is 42.5 Å². The van der Waals surface area contributed by atoms with Gasteiger partial charge in [0.25, 0.3) is 11.8 Å². The lowest BCUT2D eigenvalue weighted by atomic mass is 10.1. The highest BCUT2D eigenvalue weighted by atomic mass is 35.5. The number of halogens is 2. The number of likely N-dealkylation sites (N-methyl/N-ethyl adjacent to an activating group) is 2. The Kier molecular flexibility index (Phi) is 6.03. The third-order valence-electron chi connectivity index (χ3n) is 4.26. The molecular weight excluding hydrogens is 419 g/mol. The van der Waals surface area contributed by atoms with Crippen molar-refractivity contribution in [3.63, 3.8) is 0 Å². The van der Waals surface area contributed by atoms with E-state index in [1.807, 2.05) is 0 Å². The molecule has 0 aliphatic carbocycles. The summed E-state index contributed by atoms with van der Waals surface area (Å²) in [6.45, 7) is 0.210. The van der Waals surface area contributed by atoms with Crippen molar-refractivity contribution >= 4 is 58.4 Å². The molecule has 2 aromatic rings. The zero-order chi connectivity index (χ0) is 20.4. The number of carbonyl (C=O) groups excluding carboxylic acids is 2. The Morgan fingerprint density at radius 1 is 1.04 bits per heavy atom. The van der Waals surface area contributed by atoms with Crippen LogP contribution >= 0.6 is 35.4 Å². The van der Waals surface area contributed by atoms with Gasteiger partial charge < -0.3 is 4.74 Å². The first-order valence-corrected chi connectivity index (χ1v) is 9.43. The fourth-order valence-corrected chi connectivity index (χ4v) is 3.28. The van der Waals surface area contributed by atoms with Crippen LogP contribution in [0.1, 0.15) is 11.1 Å². The van der Waals surface area contributed by atoms with Gasteiger partial charge in [-0.1, -0.05) is 47.5 Å². The van der Waals surface area contributed by atoms with E-state index in [0.717, 1.165) is 5.56 Å². The number of hydrogen-bond acceptors (Lipinski definition) is 4. The summed E-state index contributed by atoms with van der Waals surface area (Å²) >= 11 is 17.2. The minimum atomic E-state index is -0.455. The number of rotatable bonds is 4. The van der Waals surface area contributed by atoms with Crippen molar-refractivity contribution in [3.8, 4) is 5.75 Å². The highest BCUT2D eigenvalue weighted by Crippen LogP contribution is 2.27. The van der Waals surface area contributed by atoms with Crippen LogP contribution in [-0.2, 0) is 16.2 Å². The van der Waals surface area contributed by atoms with Crippen LogP contribution in [0.5, 0.6) is 5.75 Å². The molecule has 1 aliphatic rings. The Labute approximate surface area is 178 Å². The molecule has 2 amide bonds. The van der Waals surface area contributed by atoms with Crippen molar-refractivity contribution in [2.75, 3.05) is 14.1 Å². The lowest BCUT2D eigenvalue weighted by molar-refractivity contribution is -0.132. The molecule has 2 aromatic carbocycles. The summed E-state index contributed by atoms with van der Waals surface area (Å²) in [5.74, 6) is -0.396. The second-order valence-corrected chi connectivity index (χ2v) is 7.34. The molecule has 1 fully saturated rings. The average Bonchev–Trinajstić information content (AvgIpc) is 2.68. The predicted molar refractivity (Wildman–Crippen MR) is 113 cm³/mol. The first-order chi connectivity index (χ1) is 13.3. The van der Waals surface area contributed by atoms with E-state index in [4.69, 9.17) is 40.2 Å². The van der Waals surface area contributed by atoms with E-state index in [2.05, 4.69) is 0 Å². The van der Waals surface area contributed by atoms with Crippen LogP contribution in [0.15, 0.2) is 48.0 Å². The van der Waals surface area contributed by atoms with Gasteiger partial charge in [-0.15, -0.1) is 0 Å². The van der Waals surface area contributed by atoms with Gasteiger partial charge in [0.2, 0.25) is 0 Å². The van der Waals surface area contributed by atoms with E-state index in [1.165, 1.54) is 30.0 Å². The lowest BCUT2D eigenvalue weighted by Crippen LogP contribution is -2.52. The van der Waals surface area contributed by atoms with Gasteiger partial charge in [0.1, 0.15) is 17.9 Å². The molecule has 0 spiro atoms. The van der Waals surface area contributed by atoms with Gasteiger partial charge in [0.05, 0.1) is 0 Å². The van der Waals surface area contributed by atoms with Crippen LogP contribution in [-0.4, -0.2) is 40.8 Å². The van der Waals surface area contributed by atoms with Gasteiger partial charge >= 0.3 is 0 Å². The summed E-state index contributed by atoms with van der Waals surface area (Å²) in [5.41, 5.74) is 1.38. The summed E-state index contributed by atoms with van der Waals surface area (Å²) in [5, 5.41) is 1.20. The Morgan fingerprint density at radius 3 is 2.32 bits per heavy atom. The molecule has 0 aromatic heterocycles. The summed E-state index contributed by atoms with van der Waals surface area (Å²) in [6.07, 6.45) is 1.51. The van der Waals surface area contributed by atoms with Gasteiger partial charge in [-0.2, -0.15) is 0 Å². The second kappa shape index (κ2) is 8.31. The fourth-order valence-electron chi connectivity index (χ4n) is 2.66. The standard InChI is InChI=1S/C20H16Cl2N2O3S/c1-23-18(25)15(19(26)24(2)20(23)28)9-12-5-3-4-6-17(12)27-11-13-7-8-14(21)10-16(13)22/h3-10H,11H2,1-2H3. The molecule has 0 N–H and O–H groups in total. The Balaban J connectivity index is 1.89. The minimum Gasteiger partial charge on any atom is -0.488 e. The molecule has 0 unspecified atom stereocenters. The van der Waals surface area contributed by atoms with Crippen LogP contribution in [0, 0.1) is 0 Å². The van der Waals surface area contributed by atoms with Crippen LogP contribution in [0.2, 0.25) is 10.0 Å². The van der Waals surface area contributed by atoms with Crippen molar-refractivity contribution in [1.29, 1.82) is 0 Å². The molecule has 1 saturated heterocycles. The highest BCUT2D eigenvalue weighted by molar-refractivity contribution is 7.80. The van der Waals surface area contributed by atoms with Gasteiger partial charge in [-0.25, -0.2) is 0 Å². The van der Waals surface area contributed by atoms with Crippen LogP contribution in [0.3, 0.4) is 0 Å². The topological polar surface area (TPSA) is 49.9 Å². The molecule has 0 bridgehead atoms. The monoisotopic (exact) mass is 434 g/mol. The number of ether oxygens (including phenoxy) is 1. The van der Waals surface area contributed by atoms with E-state index in [-0.39, 0.29) is 17.3 Å². The zero-order valence-corrected chi connectivity index (χ0v) is 17.4. The third-order valence-corrected chi connectivity index (χ3v) is 5.40. The molecule has 1 aliphatic heterocycles. The lowest BCUT2D eigenvalue weighted by Gasteiger charge is -2.31. The summed E-state index contributed by atoms with van der Waals surface area (Å²) in [6, 6.07) is 12.3. The number of para-hydroxylation sites is 1. The Bertz CT molecular complexity index is 981. The van der Waals surface area contributed by atoms with Crippen molar-refractivity contribution in [1.82, 2.24) is 9.80 Å². The number of amides is 2. The molecule has 5 nitrogen and oxygen atoms in total. The number of carbonyl (C=O) groups is 2. The number of nitrogens with zero attached hydrogens (tertiary/aromatic N) is 2. The van der Waals surface area contributed by atoms with Crippen molar-refractivity contribution in [2.45, 2.75) is 6.61 Å². The molecule has 0 saturated carbocycles. The molecule has 1 heterocycles. The SMILES string of the molecule is CN1C(=O)C(=Cc2ccccc2OCc2ccc(Cl)cc2Cl)C(=O)N(C)C1=S. The molecule has 28 heavy (non-hydrogen) atoms. The van der Waals surface area contributed by atoms with Crippen LogP contribution in [0.25, 0.3) is 6.08 Å². The summed E-state index contributed by atoms with van der Waals surface area (Å²) in [4.78, 5) is 27.6. The molecule has 0 atom stereocenters. The smallest absolute Gasteiger partial charge is 0.265 e. The largest absolute Gasteiger partial charge is 0.488 e. The number of thiocarbonyl (C=S) groups is 1. The van der Waals surface area contributed by atoms with Crippen molar-refractivity contribution in [2.24, 2.45) is 0 Å². The Morgan fingerprint density at radius 2 is 1.68 bits per heavy atom. The van der Waals surface area contributed by atoms with Gasteiger partial charge in [0, 0.05) is 35.3 Å². The van der Waals surface area contributed by atoms with E-state index in [9.17, 15) is 9.59 Å². The van der Waals surface area contributed by atoms with Gasteiger partial charge in [-0.05, 0) is 36.5 Å². The summed E-state index contributed by atoms with van der Waals surface area (Å²) in [7, 11) is 3.07. The normalized spacial score (nSPS) is 14.6. The van der Waals surface area contributed by atoms with Crippen molar-refractivity contribution in [3.05, 3.63) is 69.2 Å². The van der Waals surface area contributed by atoms with E-state index < -0.39 is 11.8 Å². The number of hydrogen-bond donors (Lipinski definition) is 0. The predicted octanol–water partition coefficient (Wildman–Crippen LogP) is 4.17. The van der Waals surface area contributed by atoms with Crippen LogP contribution in [0.4, 0.5) is 0 Å². The maximum atomic E-state index is 12.5. The molecule has 144 valence electrons. The Hall–Kier alpha value is -2.41. The van der Waals surface area contributed by atoms with Gasteiger partial charge in [0.15, 0.2) is 5.11 Å². The van der Waals surface area contributed by atoms with E-state index in [0.29, 0.717) is 21.4 Å². The molecule has 3 rings (SSSR count). The molecular formula is C20H16Cl2N2O3S.